The molecule has 3 heterocycles. The van der Waals surface area contributed by atoms with E-state index in [1.54, 1.807) is 11.4 Å². The molecule has 34 heavy (non-hydrogen) atoms. The van der Waals surface area contributed by atoms with Gasteiger partial charge in [0.05, 0.1) is 5.69 Å². The summed E-state index contributed by atoms with van der Waals surface area (Å²) in [5.74, 6) is 0.360. The Morgan fingerprint density at radius 2 is 1.65 bits per heavy atom. The van der Waals surface area contributed by atoms with Crippen molar-refractivity contribution >= 4 is 28.5 Å². The van der Waals surface area contributed by atoms with Crippen molar-refractivity contribution in [3.05, 3.63) is 81.1 Å². The predicted octanol–water partition coefficient (Wildman–Crippen LogP) is 2.86. The normalized spacial score (nSPS) is 11.4. The molecule has 3 aromatic heterocycles. The average molecular weight is 457 g/mol. The van der Waals surface area contributed by atoms with Crippen LogP contribution in [0.3, 0.4) is 0 Å². The van der Waals surface area contributed by atoms with Gasteiger partial charge in [0.1, 0.15) is 0 Å². The van der Waals surface area contributed by atoms with E-state index in [0.29, 0.717) is 22.6 Å². The maximum Gasteiger partial charge on any atom is 0.332 e. The quantitative estimate of drug-likeness (QED) is 0.450. The van der Waals surface area contributed by atoms with Gasteiger partial charge in [0.2, 0.25) is 11.7 Å². The minimum atomic E-state index is -0.431. The monoisotopic (exact) mass is 456 g/mol. The van der Waals surface area contributed by atoms with E-state index in [-0.39, 0.29) is 5.91 Å². The number of carbonyl (C=O) groups is 1. The molecule has 0 aliphatic carbocycles. The van der Waals surface area contributed by atoms with Crippen LogP contribution in [0, 0.1) is 0 Å². The summed E-state index contributed by atoms with van der Waals surface area (Å²) in [6.45, 7) is 3.57. The number of imidazole rings is 2. The number of carbonyl (C=O) groups excluding carboxylic acids is 1. The van der Waals surface area contributed by atoms with Crippen molar-refractivity contribution < 1.29 is 4.79 Å². The lowest BCUT2D eigenvalue weighted by atomic mass is 10.1. The Hall–Kier alpha value is -4.40. The van der Waals surface area contributed by atoms with Crippen LogP contribution in [0.1, 0.15) is 19.4 Å². The second kappa shape index (κ2) is 7.87. The maximum absolute atomic E-state index is 13.0. The molecule has 1 amide bonds. The number of nitrogens with zero attached hydrogens (tertiary/aromatic N) is 5. The Kier molecular flexibility index (Phi) is 4.97. The Bertz CT molecular complexity index is 1680. The molecule has 0 radical (unpaired) electrons. The minimum absolute atomic E-state index is 0.149. The van der Waals surface area contributed by atoms with Crippen LogP contribution in [-0.4, -0.2) is 29.0 Å². The van der Waals surface area contributed by atoms with Gasteiger partial charge in [-0.2, -0.15) is 4.98 Å². The number of nitrogens with one attached hydrogen (secondary N) is 1. The van der Waals surface area contributed by atoms with Gasteiger partial charge in [-0.05, 0) is 36.2 Å². The number of benzene rings is 2. The fraction of sp³-hybridized carbons (Fsp3) is 0.200. The molecule has 0 spiro atoms. The lowest BCUT2D eigenvalue weighted by molar-refractivity contribution is -0.114. The van der Waals surface area contributed by atoms with Crippen molar-refractivity contribution in [1.82, 2.24) is 23.1 Å². The smallest absolute Gasteiger partial charge is 0.326 e. The lowest BCUT2D eigenvalue weighted by Crippen LogP contribution is -2.37. The molecule has 9 nitrogen and oxygen atoms in total. The molecule has 0 fully saturated rings. The van der Waals surface area contributed by atoms with Gasteiger partial charge < -0.3 is 5.32 Å². The second-order valence-electron chi connectivity index (χ2n) is 8.29. The summed E-state index contributed by atoms with van der Waals surface area (Å²) >= 11 is 0. The summed E-state index contributed by atoms with van der Waals surface area (Å²) in [4.78, 5) is 41.6. The van der Waals surface area contributed by atoms with Gasteiger partial charge in [0, 0.05) is 44.2 Å². The topological polar surface area (TPSA) is 95.3 Å². The average Bonchev–Trinajstić information content (AvgIpc) is 3.38. The van der Waals surface area contributed by atoms with Crippen LogP contribution in [0.5, 0.6) is 0 Å². The third kappa shape index (κ3) is 3.24. The second-order valence-corrected chi connectivity index (χ2v) is 8.29. The number of aromatic nitrogens is 5. The van der Waals surface area contributed by atoms with E-state index in [1.165, 1.54) is 24.1 Å². The van der Waals surface area contributed by atoms with Crippen molar-refractivity contribution in [3.63, 3.8) is 0 Å². The van der Waals surface area contributed by atoms with E-state index < -0.39 is 11.2 Å². The van der Waals surface area contributed by atoms with Crippen LogP contribution >= 0.6 is 0 Å². The predicted molar refractivity (Wildman–Crippen MR) is 132 cm³/mol. The third-order valence-electron chi connectivity index (χ3n) is 6.07. The fourth-order valence-corrected chi connectivity index (χ4v) is 4.24. The van der Waals surface area contributed by atoms with E-state index in [2.05, 4.69) is 24.4 Å². The van der Waals surface area contributed by atoms with E-state index in [0.717, 1.165) is 27.9 Å². The standard InChI is InChI=1S/C25H24N6O3/c1-5-16-6-8-17(9-7-16)20-14-30-21-22(28(3)25(34)29(4)23(21)33)27-24(30)31(20)19-12-10-18(11-13-19)26-15(2)32/h6-14H,5H2,1-4H3,(H,26,32). The number of hydrogen-bond acceptors (Lipinski definition) is 4. The van der Waals surface area contributed by atoms with Crippen molar-refractivity contribution in [2.45, 2.75) is 20.3 Å². The fourth-order valence-electron chi connectivity index (χ4n) is 4.24. The Balaban J connectivity index is 1.83. The first-order chi connectivity index (χ1) is 16.3. The lowest BCUT2D eigenvalue weighted by Gasteiger charge is -2.11. The highest BCUT2D eigenvalue weighted by atomic mass is 16.2. The molecule has 0 unspecified atom stereocenters. The van der Waals surface area contributed by atoms with E-state index in [1.807, 2.05) is 47.2 Å². The summed E-state index contributed by atoms with van der Waals surface area (Å²) in [7, 11) is 3.07. The Morgan fingerprint density at radius 1 is 0.971 bits per heavy atom. The molecule has 0 aliphatic rings. The maximum atomic E-state index is 13.0. The zero-order chi connectivity index (χ0) is 24.1. The molecule has 0 saturated carbocycles. The van der Waals surface area contributed by atoms with Crippen LogP contribution in [0.2, 0.25) is 0 Å². The van der Waals surface area contributed by atoms with E-state index in [4.69, 9.17) is 4.98 Å². The first-order valence-corrected chi connectivity index (χ1v) is 11.0. The van der Waals surface area contributed by atoms with Crippen molar-refractivity contribution in [2.24, 2.45) is 14.1 Å². The van der Waals surface area contributed by atoms with Gasteiger partial charge in [0.15, 0.2) is 11.2 Å². The molecule has 5 rings (SSSR count). The summed E-state index contributed by atoms with van der Waals surface area (Å²) in [6, 6.07) is 15.6. The highest BCUT2D eigenvalue weighted by Crippen LogP contribution is 2.29. The van der Waals surface area contributed by atoms with Crippen LogP contribution in [-0.2, 0) is 25.3 Å². The number of fused-ring (bicyclic) bond motifs is 3. The number of hydrogen-bond donors (Lipinski definition) is 1. The highest BCUT2D eigenvalue weighted by molar-refractivity contribution is 5.88. The van der Waals surface area contributed by atoms with Crippen LogP contribution in [0.25, 0.3) is 33.9 Å². The van der Waals surface area contributed by atoms with Crippen molar-refractivity contribution in [1.29, 1.82) is 0 Å². The summed E-state index contributed by atoms with van der Waals surface area (Å²) in [5, 5.41) is 2.77. The van der Waals surface area contributed by atoms with Gasteiger partial charge in [-0.15, -0.1) is 0 Å². The third-order valence-corrected chi connectivity index (χ3v) is 6.07. The van der Waals surface area contributed by atoms with E-state index >= 15 is 0 Å². The Labute approximate surface area is 194 Å². The first-order valence-electron chi connectivity index (χ1n) is 11.0. The highest BCUT2D eigenvalue weighted by Gasteiger charge is 2.21. The molecule has 0 saturated heterocycles. The molecule has 5 aromatic rings. The summed E-state index contributed by atoms with van der Waals surface area (Å²) in [5.41, 5.74) is 4.32. The summed E-state index contributed by atoms with van der Waals surface area (Å²) in [6.07, 6.45) is 2.81. The van der Waals surface area contributed by atoms with Gasteiger partial charge in [0.25, 0.3) is 5.56 Å². The zero-order valence-electron chi connectivity index (χ0n) is 19.4. The zero-order valence-corrected chi connectivity index (χ0v) is 19.4. The summed E-state index contributed by atoms with van der Waals surface area (Å²) < 4.78 is 6.15. The van der Waals surface area contributed by atoms with Gasteiger partial charge in [-0.25, -0.2) is 4.79 Å². The first kappa shape index (κ1) is 21.4. The van der Waals surface area contributed by atoms with Crippen LogP contribution in [0.4, 0.5) is 5.69 Å². The molecule has 2 aromatic carbocycles. The number of amides is 1. The number of aryl methyl sites for hydroxylation is 2. The van der Waals surface area contributed by atoms with Crippen molar-refractivity contribution in [2.75, 3.05) is 5.32 Å². The van der Waals surface area contributed by atoms with Gasteiger partial charge in [-0.3, -0.25) is 27.7 Å². The molecule has 0 aliphatic heterocycles. The number of rotatable bonds is 4. The molecular formula is C25H24N6O3. The number of anilines is 1. The SMILES string of the molecule is CCc1ccc(-c2cn3c4c(=O)n(C)c(=O)n(C)c4nc3n2-c2ccc(NC(C)=O)cc2)cc1. The van der Waals surface area contributed by atoms with Gasteiger partial charge in [-0.1, -0.05) is 31.2 Å². The molecule has 9 heteroatoms. The largest absolute Gasteiger partial charge is 0.332 e. The molecule has 1 N–H and O–H groups in total. The molecule has 0 atom stereocenters. The minimum Gasteiger partial charge on any atom is -0.326 e. The van der Waals surface area contributed by atoms with E-state index in [9.17, 15) is 14.4 Å². The van der Waals surface area contributed by atoms with Gasteiger partial charge >= 0.3 is 5.69 Å². The Morgan fingerprint density at radius 3 is 2.26 bits per heavy atom. The van der Waals surface area contributed by atoms with Crippen molar-refractivity contribution in [3.8, 4) is 16.9 Å². The van der Waals surface area contributed by atoms with Crippen LogP contribution in [0.15, 0.2) is 64.3 Å². The van der Waals surface area contributed by atoms with Crippen LogP contribution < -0.4 is 16.6 Å². The molecule has 0 bridgehead atoms. The molecule has 172 valence electrons. The molecular weight excluding hydrogens is 432 g/mol.